The molecule has 1 atom stereocenters. The third-order valence-electron chi connectivity index (χ3n) is 5.82. The number of aryl methyl sites for hydroxylation is 1. The summed E-state index contributed by atoms with van der Waals surface area (Å²) in [6.07, 6.45) is -0.426. The molecule has 2 amide bonds. The molecule has 4 aromatic rings. The number of carbonyl (C=O) groups excluding carboxylic acids is 2. The molecule has 0 unspecified atom stereocenters. The monoisotopic (exact) mass is 513 g/mol. The van der Waals surface area contributed by atoms with Crippen molar-refractivity contribution in [3.8, 4) is 11.3 Å². The maximum absolute atomic E-state index is 12.9. The molecule has 0 fully saturated rings. The van der Waals surface area contributed by atoms with E-state index in [9.17, 15) is 19.5 Å². The molecule has 0 saturated heterocycles. The predicted octanol–water partition coefficient (Wildman–Crippen LogP) is 5.37. The minimum Gasteiger partial charge on any atom is -0.480 e. The van der Waals surface area contributed by atoms with Crippen molar-refractivity contribution in [3.05, 3.63) is 102 Å². The van der Waals surface area contributed by atoms with Gasteiger partial charge in [0.1, 0.15) is 17.4 Å². The molecule has 194 valence electrons. The Morgan fingerprint density at radius 2 is 1.61 bits per heavy atom. The van der Waals surface area contributed by atoms with Crippen molar-refractivity contribution in [2.45, 2.75) is 26.3 Å². The predicted molar refractivity (Wildman–Crippen MR) is 141 cm³/mol. The van der Waals surface area contributed by atoms with Crippen molar-refractivity contribution in [1.82, 2.24) is 10.5 Å². The van der Waals surface area contributed by atoms with E-state index >= 15 is 0 Å². The number of amides is 2. The first-order valence-electron chi connectivity index (χ1n) is 12.0. The van der Waals surface area contributed by atoms with Gasteiger partial charge in [0.15, 0.2) is 5.76 Å². The lowest BCUT2D eigenvalue weighted by Gasteiger charge is -2.22. The minimum absolute atomic E-state index is 0.157. The first kappa shape index (κ1) is 26.2. The van der Waals surface area contributed by atoms with Crippen LogP contribution in [0.1, 0.15) is 28.5 Å². The third kappa shape index (κ3) is 5.89. The first-order chi connectivity index (χ1) is 18.4. The van der Waals surface area contributed by atoms with E-state index in [1.807, 2.05) is 36.4 Å². The standard InChI is InChI=1S/C29H27N3O6/c1-3-37-29(36)32(23-12-8-5-9-13-23)25-19(2)31-38-26(25)21-14-16-22(17-15-21)27(33)30-24(28(34)35)18-20-10-6-4-7-11-20/h4-17,24H,3,18H2,1-2H3,(H,30,33)(H,34,35)/t24-/m0/s1. The summed E-state index contributed by atoms with van der Waals surface area (Å²) in [5, 5.41) is 16.3. The molecule has 38 heavy (non-hydrogen) atoms. The van der Waals surface area contributed by atoms with Crippen molar-refractivity contribution < 1.29 is 28.8 Å². The molecule has 0 aliphatic heterocycles. The number of hydrogen-bond acceptors (Lipinski definition) is 6. The number of ether oxygens (including phenoxy) is 1. The van der Waals surface area contributed by atoms with E-state index in [2.05, 4.69) is 10.5 Å². The maximum Gasteiger partial charge on any atom is 0.419 e. The lowest BCUT2D eigenvalue weighted by molar-refractivity contribution is -0.139. The van der Waals surface area contributed by atoms with Crippen LogP contribution in [0.5, 0.6) is 0 Å². The van der Waals surface area contributed by atoms with E-state index in [4.69, 9.17) is 9.26 Å². The van der Waals surface area contributed by atoms with E-state index in [1.165, 1.54) is 4.90 Å². The van der Waals surface area contributed by atoms with Crippen LogP contribution in [0, 0.1) is 6.92 Å². The fraction of sp³-hybridized carbons (Fsp3) is 0.172. The lowest BCUT2D eigenvalue weighted by atomic mass is 10.0. The number of aliphatic carboxylic acids is 1. The molecule has 1 aromatic heterocycles. The number of nitrogens with one attached hydrogen (secondary N) is 1. The van der Waals surface area contributed by atoms with Gasteiger partial charge in [-0.05, 0) is 43.7 Å². The highest BCUT2D eigenvalue weighted by Crippen LogP contribution is 2.38. The number of carbonyl (C=O) groups is 3. The highest BCUT2D eigenvalue weighted by molar-refractivity contribution is 6.01. The Labute approximate surface area is 219 Å². The van der Waals surface area contributed by atoms with Crippen molar-refractivity contribution in [2.24, 2.45) is 0 Å². The van der Waals surface area contributed by atoms with Gasteiger partial charge in [-0.1, -0.05) is 65.8 Å². The fourth-order valence-electron chi connectivity index (χ4n) is 3.97. The molecule has 9 nitrogen and oxygen atoms in total. The van der Waals surface area contributed by atoms with Crippen molar-refractivity contribution in [2.75, 3.05) is 11.5 Å². The molecule has 0 spiro atoms. The molecule has 2 N–H and O–H groups in total. The second-order valence-electron chi connectivity index (χ2n) is 8.45. The average molecular weight is 514 g/mol. The average Bonchev–Trinajstić information content (AvgIpc) is 3.30. The molecule has 4 rings (SSSR count). The number of rotatable bonds is 9. The van der Waals surface area contributed by atoms with Gasteiger partial charge in [0.25, 0.3) is 5.91 Å². The smallest absolute Gasteiger partial charge is 0.419 e. The van der Waals surface area contributed by atoms with E-state index < -0.39 is 24.0 Å². The van der Waals surface area contributed by atoms with Crippen LogP contribution in [0.4, 0.5) is 16.2 Å². The Kier molecular flexibility index (Phi) is 8.17. The molecule has 0 saturated carbocycles. The van der Waals surface area contributed by atoms with Gasteiger partial charge in [-0.15, -0.1) is 0 Å². The molecule has 0 bridgehead atoms. The number of carboxylic acid groups (broad SMARTS) is 1. The van der Waals surface area contributed by atoms with E-state index in [-0.39, 0.29) is 18.6 Å². The Morgan fingerprint density at radius 3 is 2.21 bits per heavy atom. The van der Waals surface area contributed by atoms with Gasteiger partial charge in [-0.3, -0.25) is 4.79 Å². The molecule has 0 aliphatic carbocycles. The van der Waals surface area contributed by atoms with Crippen LogP contribution in [0.3, 0.4) is 0 Å². The normalized spacial score (nSPS) is 11.4. The molecule has 0 aliphatic rings. The van der Waals surface area contributed by atoms with Gasteiger partial charge < -0.3 is 19.7 Å². The summed E-state index contributed by atoms with van der Waals surface area (Å²) >= 11 is 0. The van der Waals surface area contributed by atoms with Gasteiger partial charge in [0.05, 0.1) is 12.3 Å². The molecule has 0 radical (unpaired) electrons. The summed E-state index contributed by atoms with van der Waals surface area (Å²) in [5.41, 5.74) is 3.11. The highest BCUT2D eigenvalue weighted by atomic mass is 16.6. The quantitative estimate of drug-likeness (QED) is 0.308. The number of anilines is 2. The zero-order chi connectivity index (χ0) is 27.1. The van der Waals surface area contributed by atoms with Gasteiger partial charge >= 0.3 is 12.1 Å². The minimum atomic E-state index is -1.12. The van der Waals surface area contributed by atoms with E-state index in [1.54, 1.807) is 62.4 Å². The highest BCUT2D eigenvalue weighted by Gasteiger charge is 2.29. The first-order valence-corrected chi connectivity index (χ1v) is 12.0. The van der Waals surface area contributed by atoms with Gasteiger partial charge in [-0.25, -0.2) is 14.5 Å². The van der Waals surface area contributed by atoms with Crippen molar-refractivity contribution in [1.29, 1.82) is 0 Å². The van der Waals surface area contributed by atoms with Crippen LogP contribution < -0.4 is 10.2 Å². The summed E-state index contributed by atoms with van der Waals surface area (Å²) in [7, 11) is 0. The summed E-state index contributed by atoms with van der Waals surface area (Å²) in [6.45, 7) is 3.63. The summed E-state index contributed by atoms with van der Waals surface area (Å²) in [5.74, 6) is -1.33. The van der Waals surface area contributed by atoms with Gasteiger partial charge in [0.2, 0.25) is 0 Å². The number of carboxylic acids is 1. The SMILES string of the molecule is CCOC(=O)N(c1ccccc1)c1c(C)noc1-c1ccc(C(=O)N[C@@H](Cc2ccccc2)C(=O)O)cc1. The topological polar surface area (TPSA) is 122 Å². The van der Waals surface area contributed by atoms with Crippen molar-refractivity contribution in [3.63, 3.8) is 0 Å². The molecular weight excluding hydrogens is 486 g/mol. The second-order valence-corrected chi connectivity index (χ2v) is 8.45. The Morgan fingerprint density at radius 1 is 0.974 bits per heavy atom. The van der Waals surface area contributed by atoms with Gasteiger partial charge in [-0.2, -0.15) is 0 Å². The zero-order valence-electron chi connectivity index (χ0n) is 21.0. The van der Waals surface area contributed by atoms with Gasteiger partial charge in [0, 0.05) is 17.5 Å². The Balaban J connectivity index is 1.59. The van der Waals surface area contributed by atoms with Crippen LogP contribution in [0.15, 0.2) is 89.5 Å². The van der Waals surface area contributed by atoms with Crippen LogP contribution in [-0.2, 0) is 16.0 Å². The van der Waals surface area contributed by atoms with Crippen LogP contribution >= 0.6 is 0 Å². The summed E-state index contributed by atoms with van der Waals surface area (Å²) in [6, 6.07) is 23.4. The number of benzene rings is 3. The molecule has 9 heteroatoms. The molecular formula is C29H27N3O6. The van der Waals surface area contributed by atoms with E-state index in [0.717, 1.165) is 5.56 Å². The maximum atomic E-state index is 12.9. The summed E-state index contributed by atoms with van der Waals surface area (Å²) in [4.78, 5) is 38.9. The van der Waals surface area contributed by atoms with Crippen molar-refractivity contribution >= 4 is 29.3 Å². The second kappa shape index (κ2) is 11.9. The number of para-hydroxylation sites is 1. The van der Waals surface area contributed by atoms with Crippen LogP contribution in [-0.4, -0.2) is 40.9 Å². The summed E-state index contributed by atoms with van der Waals surface area (Å²) < 4.78 is 10.9. The zero-order valence-corrected chi connectivity index (χ0v) is 21.0. The molecule has 3 aromatic carbocycles. The van der Waals surface area contributed by atoms with E-state index in [0.29, 0.717) is 28.4 Å². The number of hydrogen-bond donors (Lipinski definition) is 2. The van der Waals surface area contributed by atoms with Crippen LogP contribution in [0.25, 0.3) is 11.3 Å². The van der Waals surface area contributed by atoms with Crippen LogP contribution in [0.2, 0.25) is 0 Å². The molecule has 1 heterocycles. The lowest BCUT2D eigenvalue weighted by Crippen LogP contribution is -2.42. The Bertz CT molecular complexity index is 1400. The fourth-order valence-corrected chi connectivity index (χ4v) is 3.97. The Hall–Kier alpha value is -4.92. The largest absolute Gasteiger partial charge is 0.480 e. The third-order valence-corrected chi connectivity index (χ3v) is 5.82. The number of nitrogens with zero attached hydrogens (tertiary/aromatic N) is 2. The number of aromatic nitrogens is 1.